The zero-order valence-corrected chi connectivity index (χ0v) is 18.0. The smallest absolute Gasteiger partial charge is 0.201 e. The van der Waals surface area contributed by atoms with E-state index in [1.807, 2.05) is 19.1 Å². The Bertz CT molecular complexity index is 985. The maximum Gasteiger partial charge on any atom is 0.201 e. The van der Waals surface area contributed by atoms with Gasteiger partial charge in [-0.2, -0.15) is 4.39 Å². The molecule has 0 amide bonds. The molecule has 1 saturated carbocycles. The van der Waals surface area contributed by atoms with E-state index in [1.54, 1.807) is 25.1 Å². The summed E-state index contributed by atoms with van der Waals surface area (Å²) >= 11 is 0. The Balaban J connectivity index is 1.55. The van der Waals surface area contributed by atoms with Gasteiger partial charge in [-0.25, -0.2) is 8.78 Å². The Hall–Kier alpha value is -2.27. The maximum absolute atomic E-state index is 14.8. The summed E-state index contributed by atoms with van der Waals surface area (Å²) in [5.41, 5.74) is 2.42. The summed E-state index contributed by atoms with van der Waals surface area (Å²) in [7, 11) is 0. The zero-order chi connectivity index (χ0) is 22.1. The first-order valence-electron chi connectivity index (χ1n) is 11.2. The maximum atomic E-state index is 14.8. The van der Waals surface area contributed by atoms with Crippen LogP contribution in [0.25, 0.3) is 5.57 Å². The van der Waals surface area contributed by atoms with E-state index in [0.29, 0.717) is 17.5 Å². The van der Waals surface area contributed by atoms with E-state index in [4.69, 9.17) is 4.74 Å². The molecule has 4 atom stereocenters. The molecule has 2 aromatic carbocycles. The summed E-state index contributed by atoms with van der Waals surface area (Å²) in [6, 6.07) is 8.26. The van der Waals surface area contributed by atoms with Gasteiger partial charge in [0.1, 0.15) is 5.82 Å². The van der Waals surface area contributed by atoms with Gasteiger partial charge >= 0.3 is 0 Å². The molecule has 2 aromatic rings. The average molecular weight is 431 g/mol. The third-order valence-electron chi connectivity index (χ3n) is 6.86. The number of hydrogen-bond acceptors (Lipinski definition) is 2. The zero-order valence-electron chi connectivity index (χ0n) is 18.0. The Kier molecular flexibility index (Phi) is 6.42. The number of benzene rings is 2. The standard InChI is InChI=1S/C26H29F3O2/c1-3-5-23(30)21-7-6-15(14-22(21)27)16-8-9-18-17(16)10-11-19(18)20-12-13-24(31-4-2)26(29)25(20)28/h6-7,11-14,16-18,23,30H,3-5,8-10H2,1-2H3. The van der Waals surface area contributed by atoms with E-state index in [-0.39, 0.29) is 35.9 Å². The van der Waals surface area contributed by atoms with Crippen LogP contribution in [0.5, 0.6) is 5.75 Å². The number of halogens is 3. The molecule has 1 fully saturated rings. The summed E-state index contributed by atoms with van der Waals surface area (Å²) in [5, 5.41) is 10.1. The predicted octanol–water partition coefficient (Wildman–Crippen LogP) is 6.93. The summed E-state index contributed by atoms with van der Waals surface area (Å²) < 4.78 is 49.0. The predicted molar refractivity (Wildman–Crippen MR) is 115 cm³/mol. The highest BCUT2D eigenvalue weighted by atomic mass is 19.2. The highest BCUT2D eigenvalue weighted by molar-refractivity contribution is 5.71. The van der Waals surface area contributed by atoms with Crippen LogP contribution in [0.3, 0.4) is 0 Å². The molecule has 0 saturated heterocycles. The van der Waals surface area contributed by atoms with Gasteiger partial charge in [-0.1, -0.05) is 31.6 Å². The molecule has 0 radical (unpaired) electrons. The number of aliphatic hydroxyl groups is 1. The van der Waals surface area contributed by atoms with Crippen LogP contribution in [-0.2, 0) is 0 Å². The molecule has 4 unspecified atom stereocenters. The highest BCUT2D eigenvalue weighted by Crippen LogP contribution is 2.55. The Labute approximate surface area is 181 Å². The molecule has 0 spiro atoms. The van der Waals surface area contributed by atoms with Crippen LogP contribution in [0, 0.1) is 29.3 Å². The van der Waals surface area contributed by atoms with Crippen LogP contribution in [0.15, 0.2) is 36.4 Å². The van der Waals surface area contributed by atoms with E-state index in [1.165, 1.54) is 6.07 Å². The van der Waals surface area contributed by atoms with Crippen LogP contribution in [0.1, 0.15) is 74.7 Å². The third-order valence-corrected chi connectivity index (χ3v) is 6.86. The van der Waals surface area contributed by atoms with Crippen molar-refractivity contribution in [1.82, 2.24) is 0 Å². The second kappa shape index (κ2) is 9.07. The molecular formula is C26H29F3O2. The number of fused-ring (bicyclic) bond motifs is 1. The third kappa shape index (κ3) is 4.00. The quantitative estimate of drug-likeness (QED) is 0.516. The van der Waals surface area contributed by atoms with Crippen molar-refractivity contribution in [2.45, 2.75) is 58.0 Å². The molecule has 0 bridgehead atoms. The molecule has 0 heterocycles. The molecule has 0 aliphatic heterocycles. The van der Waals surface area contributed by atoms with E-state index >= 15 is 0 Å². The molecular weight excluding hydrogens is 401 g/mol. The van der Waals surface area contributed by atoms with E-state index in [9.17, 15) is 18.3 Å². The number of hydrogen-bond donors (Lipinski definition) is 1. The van der Waals surface area contributed by atoms with Crippen molar-refractivity contribution < 1.29 is 23.0 Å². The second-order valence-corrected chi connectivity index (χ2v) is 8.61. The van der Waals surface area contributed by atoms with Gasteiger partial charge in [-0.15, -0.1) is 0 Å². The van der Waals surface area contributed by atoms with E-state index < -0.39 is 17.7 Å². The van der Waals surface area contributed by atoms with Gasteiger partial charge in [-0.3, -0.25) is 0 Å². The van der Waals surface area contributed by atoms with Crippen molar-refractivity contribution in [3.63, 3.8) is 0 Å². The van der Waals surface area contributed by atoms with E-state index in [0.717, 1.165) is 36.8 Å². The van der Waals surface area contributed by atoms with Crippen molar-refractivity contribution in [3.05, 3.63) is 70.5 Å². The topological polar surface area (TPSA) is 29.5 Å². The number of ether oxygens (including phenoxy) is 1. The fraction of sp³-hybridized carbons (Fsp3) is 0.462. The van der Waals surface area contributed by atoms with Gasteiger partial charge in [0.25, 0.3) is 0 Å². The lowest BCUT2D eigenvalue weighted by Gasteiger charge is -2.22. The molecule has 0 aromatic heterocycles. The van der Waals surface area contributed by atoms with Crippen LogP contribution >= 0.6 is 0 Å². The molecule has 5 heteroatoms. The minimum absolute atomic E-state index is 0.0657. The lowest BCUT2D eigenvalue weighted by molar-refractivity contribution is 0.162. The van der Waals surface area contributed by atoms with Gasteiger partial charge in [-0.05, 0) is 79.7 Å². The SMILES string of the molecule is CCCC(O)c1ccc(C2CCC3C(c4ccc(OCC)c(F)c4F)=CCC32)cc1F. The monoisotopic (exact) mass is 430 g/mol. The lowest BCUT2D eigenvalue weighted by atomic mass is 9.83. The minimum atomic E-state index is -0.943. The Morgan fingerprint density at radius 1 is 1.03 bits per heavy atom. The fourth-order valence-electron chi connectivity index (χ4n) is 5.42. The Morgan fingerprint density at radius 2 is 1.81 bits per heavy atom. The molecule has 1 N–H and O–H groups in total. The first kappa shape index (κ1) is 21.9. The Morgan fingerprint density at radius 3 is 2.52 bits per heavy atom. The number of rotatable bonds is 7. The van der Waals surface area contributed by atoms with Gasteiger partial charge in [0.05, 0.1) is 12.7 Å². The summed E-state index contributed by atoms with van der Waals surface area (Å²) in [5.74, 6) is -1.69. The minimum Gasteiger partial charge on any atom is -0.491 e. The van der Waals surface area contributed by atoms with Crippen molar-refractivity contribution in [2.24, 2.45) is 11.8 Å². The molecule has 4 rings (SSSR count). The molecule has 2 aliphatic carbocycles. The first-order chi connectivity index (χ1) is 15.0. The average Bonchev–Trinajstić information content (AvgIpc) is 3.34. The summed E-state index contributed by atoms with van der Waals surface area (Å²) in [6.07, 6.45) is 5.04. The van der Waals surface area contributed by atoms with Crippen molar-refractivity contribution in [1.29, 1.82) is 0 Å². The highest BCUT2D eigenvalue weighted by Gasteiger charge is 2.42. The second-order valence-electron chi connectivity index (χ2n) is 8.61. The molecule has 31 heavy (non-hydrogen) atoms. The van der Waals surface area contributed by atoms with Crippen LogP contribution < -0.4 is 4.74 Å². The van der Waals surface area contributed by atoms with Gasteiger partial charge in [0.2, 0.25) is 5.82 Å². The van der Waals surface area contributed by atoms with Crippen molar-refractivity contribution in [2.75, 3.05) is 6.61 Å². The number of allylic oxidation sites excluding steroid dienone is 2. The van der Waals surface area contributed by atoms with Gasteiger partial charge < -0.3 is 9.84 Å². The lowest BCUT2D eigenvalue weighted by Crippen LogP contribution is -2.11. The van der Waals surface area contributed by atoms with E-state index in [2.05, 4.69) is 0 Å². The largest absolute Gasteiger partial charge is 0.491 e. The molecule has 2 nitrogen and oxygen atoms in total. The van der Waals surface area contributed by atoms with Gasteiger partial charge in [0.15, 0.2) is 11.6 Å². The van der Waals surface area contributed by atoms with Crippen LogP contribution in [0.2, 0.25) is 0 Å². The van der Waals surface area contributed by atoms with Crippen LogP contribution in [0.4, 0.5) is 13.2 Å². The normalized spacial score (nSPS) is 23.5. The first-order valence-corrected chi connectivity index (χ1v) is 11.2. The molecule has 2 aliphatic rings. The number of aliphatic hydroxyl groups excluding tert-OH is 1. The summed E-state index contributed by atoms with van der Waals surface area (Å²) in [6.45, 7) is 3.96. The molecule has 166 valence electrons. The fourth-order valence-corrected chi connectivity index (χ4v) is 5.42. The summed E-state index contributed by atoms with van der Waals surface area (Å²) in [4.78, 5) is 0. The van der Waals surface area contributed by atoms with Gasteiger partial charge in [0, 0.05) is 11.1 Å². The van der Waals surface area contributed by atoms with Crippen molar-refractivity contribution >= 4 is 5.57 Å². The van der Waals surface area contributed by atoms with Crippen molar-refractivity contribution in [3.8, 4) is 5.75 Å². The van der Waals surface area contributed by atoms with Crippen LogP contribution in [-0.4, -0.2) is 11.7 Å².